The molecule has 0 amide bonds. The van der Waals surface area contributed by atoms with E-state index in [1.807, 2.05) is 41.4 Å². The Bertz CT molecular complexity index is 456. The molecule has 2 aromatic heterocycles. The van der Waals surface area contributed by atoms with E-state index in [1.54, 1.807) is 0 Å². The van der Waals surface area contributed by atoms with Gasteiger partial charge < -0.3 is 9.67 Å². The van der Waals surface area contributed by atoms with Crippen molar-refractivity contribution in [2.24, 2.45) is 0 Å². The fraction of sp³-hybridized carbons (Fsp3) is 0.100. The molecule has 0 aliphatic heterocycles. The van der Waals surface area contributed by atoms with Gasteiger partial charge in [-0.15, -0.1) is 11.3 Å². The summed E-state index contributed by atoms with van der Waals surface area (Å²) in [6.07, 6.45) is 3.70. The molecule has 2 heterocycles. The predicted molar refractivity (Wildman–Crippen MR) is 55.3 cm³/mol. The van der Waals surface area contributed by atoms with E-state index < -0.39 is 5.97 Å². The van der Waals surface area contributed by atoms with Crippen molar-refractivity contribution in [1.29, 1.82) is 0 Å². The Labute approximate surface area is 85.2 Å². The van der Waals surface area contributed by atoms with E-state index in [-0.39, 0.29) is 0 Å². The van der Waals surface area contributed by atoms with Crippen molar-refractivity contribution in [3.63, 3.8) is 0 Å². The zero-order valence-corrected chi connectivity index (χ0v) is 8.41. The summed E-state index contributed by atoms with van der Waals surface area (Å²) in [6, 6.07) is 3.76. The monoisotopic (exact) mass is 207 g/mol. The van der Waals surface area contributed by atoms with Crippen molar-refractivity contribution in [3.8, 4) is 5.69 Å². The van der Waals surface area contributed by atoms with Crippen molar-refractivity contribution in [1.82, 2.24) is 4.57 Å². The predicted octanol–water partition coefficient (Wildman–Crippen LogP) is 2.55. The molecule has 0 atom stereocenters. The molecule has 0 aliphatic rings. The van der Waals surface area contributed by atoms with Gasteiger partial charge in [0.2, 0.25) is 0 Å². The van der Waals surface area contributed by atoms with Gasteiger partial charge in [0.25, 0.3) is 0 Å². The summed E-state index contributed by atoms with van der Waals surface area (Å²) in [5.74, 6) is -0.869. The van der Waals surface area contributed by atoms with Crippen molar-refractivity contribution < 1.29 is 9.90 Å². The fourth-order valence-corrected chi connectivity index (χ4v) is 2.28. The molecular weight excluding hydrogens is 198 g/mol. The third-order valence-corrected chi connectivity index (χ3v) is 3.07. The van der Waals surface area contributed by atoms with Crippen molar-refractivity contribution in [3.05, 3.63) is 40.3 Å². The lowest BCUT2D eigenvalue weighted by atomic mass is 10.2. The first-order chi connectivity index (χ1) is 6.70. The molecule has 0 spiro atoms. The quantitative estimate of drug-likeness (QED) is 0.822. The Hall–Kier alpha value is -1.55. The number of aryl methyl sites for hydroxylation is 1. The van der Waals surface area contributed by atoms with E-state index >= 15 is 0 Å². The Balaban J connectivity index is 2.62. The van der Waals surface area contributed by atoms with Crippen LogP contribution in [0.2, 0.25) is 0 Å². The Morgan fingerprint density at radius 2 is 2.07 bits per heavy atom. The number of thiophene rings is 1. The van der Waals surface area contributed by atoms with Crippen LogP contribution in [0.15, 0.2) is 29.9 Å². The van der Waals surface area contributed by atoms with E-state index in [2.05, 4.69) is 0 Å². The zero-order valence-electron chi connectivity index (χ0n) is 7.60. The third-order valence-electron chi connectivity index (χ3n) is 2.00. The van der Waals surface area contributed by atoms with Gasteiger partial charge in [-0.3, -0.25) is 0 Å². The lowest BCUT2D eigenvalue weighted by Crippen LogP contribution is -2.00. The SMILES string of the molecule is Cc1csc(C(=O)O)c1-n1cccc1. The largest absolute Gasteiger partial charge is 0.477 e. The van der Waals surface area contributed by atoms with Gasteiger partial charge in [-0.2, -0.15) is 0 Å². The first-order valence-electron chi connectivity index (χ1n) is 4.15. The van der Waals surface area contributed by atoms with Gasteiger partial charge in [-0.1, -0.05) is 0 Å². The van der Waals surface area contributed by atoms with Crippen LogP contribution in [0.3, 0.4) is 0 Å². The molecule has 0 saturated carbocycles. The van der Waals surface area contributed by atoms with E-state index in [1.165, 1.54) is 11.3 Å². The van der Waals surface area contributed by atoms with Crippen LogP contribution in [0.1, 0.15) is 15.2 Å². The number of rotatable bonds is 2. The molecule has 0 fully saturated rings. The summed E-state index contributed by atoms with van der Waals surface area (Å²) in [5.41, 5.74) is 1.76. The maximum atomic E-state index is 10.9. The van der Waals surface area contributed by atoms with E-state index in [9.17, 15) is 4.79 Å². The molecule has 0 bridgehead atoms. The molecule has 2 rings (SSSR count). The van der Waals surface area contributed by atoms with Gasteiger partial charge in [0.1, 0.15) is 4.88 Å². The first-order valence-corrected chi connectivity index (χ1v) is 5.03. The van der Waals surface area contributed by atoms with E-state index in [4.69, 9.17) is 5.11 Å². The second-order valence-corrected chi connectivity index (χ2v) is 3.87. The standard InChI is InChI=1S/C10H9NO2S/c1-7-6-14-9(10(12)13)8(7)11-4-2-3-5-11/h2-6H,1H3,(H,12,13). The number of nitrogens with zero attached hydrogens (tertiary/aromatic N) is 1. The van der Waals surface area contributed by atoms with Gasteiger partial charge in [0, 0.05) is 12.4 Å². The average Bonchev–Trinajstić information content (AvgIpc) is 2.71. The summed E-state index contributed by atoms with van der Waals surface area (Å²) < 4.78 is 1.83. The summed E-state index contributed by atoms with van der Waals surface area (Å²) >= 11 is 1.26. The number of hydrogen-bond donors (Lipinski definition) is 1. The Morgan fingerprint density at radius 3 is 2.64 bits per heavy atom. The number of carbonyl (C=O) groups is 1. The summed E-state index contributed by atoms with van der Waals surface area (Å²) in [6.45, 7) is 1.91. The molecule has 72 valence electrons. The molecule has 14 heavy (non-hydrogen) atoms. The topological polar surface area (TPSA) is 42.2 Å². The van der Waals surface area contributed by atoms with Crippen LogP contribution in [-0.2, 0) is 0 Å². The number of aromatic nitrogens is 1. The van der Waals surface area contributed by atoms with Gasteiger partial charge in [-0.25, -0.2) is 4.79 Å². The zero-order chi connectivity index (χ0) is 10.1. The van der Waals surface area contributed by atoms with Crippen LogP contribution in [-0.4, -0.2) is 15.6 Å². The Morgan fingerprint density at radius 1 is 1.43 bits per heavy atom. The van der Waals surface area contributed by atoms with Crippen LogP contribution in [0.4, 0.5) is 0 Å². The van der Waals surface area contributed by atoms with Crippen molar-refractivity contribution in [2.75, 3.05) is 0 Å². The molecule has 0 aliphatic carbocycles. The molecule has 4 heteroatoms. The second-order valence-electron chi connectivity index (χ2n) is 2.99. The van der Waals surface area contributed by atoms with Crippen molar-refractivity contribution in [2.45, 2.75) is 6.92 Å². The molecule has 0 saturated heterocycles. The minimum Gasteiger partial charge on any atom is -0.477 e. The maximum Gasteiger partial charge on any atom is 0.348 e. The number of carboxylic acid groups (broad SMARTS) is 1. The smallest absolute Gasteiger partial charge is 0.348 e. The highest BCUT2D eigenvalue weighted by atomic mass is 32.1. The van der Waals surface area contributed by atoms with E-state index in [0.717, 1.165) is 11.3 Å². The molecule has 0 aromatic carbocycles. The van der Waals surface area contributed by atoms with Crippen LogP contribution in [0.25, 0.3) is 5.69 Å². The van der Waals surface area contributed by atoms with Crippen LogP contribution < -0.4 is 0 Å². The molecule has 0 unspecified atom stereocenters. The first kappa shape index (κ1) is 9.02. The minimum absolute atomic E-state index is 0.388. The van der Waals surface area contributed by atoms with Crippen LogP contribution in [0.5, 0.6) is 0 Å². The highest BCUT2D eigenvalue weighted by Gasteiger charge is 2.15. The van der Waals surface area contributed by atoms with Gasteiger partial charge in [0.05, 0.1) is 5.69 Å². The minimum atomic E-state index is -0.869. The molecule has 0 radical (unpaired) electrons. The normalized spacial score (nSPS) is 10.4. The molecular formula is C10H9NO2S. The Kier molecular flexibility index (Phi) is 2.13. The lowest BCUT2D eigenvalue weighted by Gasteiger charge is -2.03. The summed E-state index contributed by atoms with van der Waals surface area (Å²) in [7, 11) is 0. The summed E-state index contributed by atoms with van der Waals surface area (Å²) in [4.78, 5) is 11.3. The average molecular weight is 207 g/mol. The van der Waals surface area contributed by atoms with Gasteiger partial charge in [0.15, 0.2) is 0 Å². The van der Waals surface area contributed by atoms with Crippen LogP contribution in [0, 0.1) is 6.92 Å². The molecule has 3 nitrogen and oxygen atoms in total. The second kappa shape index (κ2) is 3.31. The fourth-order valence-electron chi connectivity index (χ4n) is 1.39. The van der Waals surface area contributed by atoms with Gasteiger partial charge >= 0.3 is 5.97 Å². The number of carboxylic acids is 1. The lowest BCUT2D eigenvalue weighted by molar-refractivity contribution is 0.0702. The van der Waals surface area contributed by atoms with E-state index in [0.29, 0.717) is 4.88 Å². The third kappa shape index (κ3) is 1.33. The molecule has 1 N–H and O–H groups in total. The van der Waals surface area contributed by atoms with Crippen LogP contribution >= 0.6 is 11.3 Å². The molecule has 2 aromatic rings. The van der Waals surface area contributed by atoms with Crippen molar-refractivity contribution >= 4 is 17.3 Å². The highest BCUT2D eigenvalue weighted by Crippen LogP contribution is 2.25. The number of hydrogen-bond acceptors (Lipinski definition) is 2. The summed E-state index contributed by atoms with van der Waals surface area (Å²) in [5, 5.41) is 10.8. The van der Waals surface area contributed by atoms with Gasteiger partial charge in [-0.05, 0) is 30.0 Å². The maximum absolute atomic E-state index is 10.9. The number of aromatic carboxylic acids is 1. The highest BCUT2D eigenvalue weighted by molar-refractivity contribution is 7.12.